The lowest BCUT2D eigenvalue weighted by molar-refractivity contribution is -0.144. The molecule has 1 rings (SSSR count). The van der Waals surface area contributed by atoms with Crippen molar-refractivity contribution < 1.29 is 19.1 Å². The van der Waals surface area contributed by atoms with Crippen molar-refractivity contribution in [2.24, 2.45) is 0 Å². The minimum atomic E-state index is -1.30. The molecule has 1 amide bonds. The summed E-state index contributed by atoms with van der Waals surface area (Å²) in [4.78, 5) is 22.8. The predicted molar refractivity (Wildman–Crippen MR) is 62.1 cm³/mol. The van der Waals surface area contributed by atoms with Gasteiger partial charge >= 0.3 is 5.97 Å². The second kappa shape index (κ2) is 5.23. The molecule has 17 heavy (non-hydrogen) atoms. The Kier molecular flexibility index (Phi) is 4.17. The van der Waals surface area contributed by atoms with E-state index in [1.165, 1.54) is 19.1 Å². The van der Waals surface area contributed by atoms with Gasteiger partial charge in [0.05, 0.1) is 0 Å². The van der Waals surface area contributed by atoms with Crippen molar-refractivity contribution in [3.05, 3.63) is 23.1 Å². The van der Waals surface area contributed by atoms with E-state index in [1.807, 2.05) is 6.92 Å². The Hall–Kier alpha value is -1.49. The molecule has 0 aliphatic heterocycles. The molecule has 6 heteroatoms. The fourth-order valence-corrected chi connectivity index (χ4v) is 1.62. The van der Waals surface area contributed by atoms with Crippen LogP contribution in [-0.2, 0) is 4.79 Å². The van der Waals surface area contributed by atoms with E-state index in [4.69, 9.17) is 21.1 Å². The third-order valence-electron chi connectivity index (χ3n) is 2.41. The molecule has 0 aliphatic rings. The maximum atomic E-state index is 11.7. The molecule has 0 radical (unpaired) electrons. The zero-order valence-electron chi connectivity index (χ0n) is 9.62. The van der Waals surface area contributed by atoms with Crippen LogP contribution in [-0.4, -0.2) is 22.5 Å². The van der Waals surface area contributed by atoms with Gasteiger partial charge < -0.3 is 14.8 Å². The van der Waals surface area contributed by atoms with Crippen LogP contribution in [0.4, 0.5) is 0 Å². The fraction of sp³-hybridized carbons (Fsp3) is 0.455. The molecular formula is C11H14ClNO4. The zero-order valence-corrected chi connectivity index (χ0v) is 10.4. The van der Waals surface area contributed by atoms with Gasteiger partial charge in [0.1, 0.15) is 5.54 Å². The molecule has 5 nitrogen and oxygen atoms in total. The number of hydrogen-bond acceptors (Lipinski definition) is 3. The average Bonchev–Trinajstić information content (AvgIpc) is 2.65. The van der Waals surface area contributed by atoms with Crippen molar-refractivity contribution >= 4 is 23.5 Å². The second-order valence-corrected chi connectivity index (χ2v) is 4.32. The first-order chi connectivity index (χ1) is 7.89. The third kappa shape index (κ3) is 3.23. The number of nitrogens with one attached hydrogen (secondary N) is 1. The molecule has 0 aromatic carbocycles. The van der Waals surface area contributed by atoms with Crippen molar-refractivity contribution in [3.63, 3.8) is 0 Å². The quantitative estimate of drug-likeness (QED) is 0.850. The summed E-state index contributed by atoms with van der Waals surface area (Å²) in [6.07, 6.45) is 0.977. The fourth-order valence-electron chi connectivity index (χ4n) is 1.47. The first-order valence-corrected chi connectivity index (χ1v) is 5.58. The van der Waals surface area contributed by atoms with E-state index < -0.39 is 17.4 Å². The van der Waals surface area contributed by atoms with Gasteiger partial charge in [0.15, 0.2) is 11.0 Å². The summed E-state index contributed by atoms with van der Waals surface area (Å²) in [5.41, 5.74) is -1.30. The highest BCUT2D eigenvalue weighted by atomic mass is 35.5. The number of halogens is 1. The van der Waals surface area contributed by atoms with E-state index >= 15 is 0 Å². The van der Waals surface area contributed by atoms with Crippen LogP contribution in [0.3, 0.4) is 0 Å². The summed E-state index contributed by atoms with van der Waals surface area (Å²) in [6.45, 7) is 3.30. The lowest BCUT2D eigenvalue weighted by Crippen LogP contribution is -2.52. The summed E-state index contributed by atoms with van der Waals surface area (Å²) in [6, 6.07) is 2.82. The number of carbonyl (C=O) groups excluding carboxylic acids is 1. The molecule has 1 heterocycles. The molecule has 0 fully saturated rings. The first kappa shape index (κ1) is 13.6. The van der Waals surface area contributed by atoms with E-state index in [2.05, 4.69) is 5.32 Å². The minimum absolute atomic E-state index is 0.00132. The monoisotopic (exact) mass is 259 g/mol. The zero-order chi connectivity index (χ0) is 13.1. The molecule has 94 valence electrons. The Bertz CT molecular complexity index is 429. The number of carboxylic acid groups (broad SMARTS) is 1. The lowest BCUT2D eigenvalue weighted by atomic mass is 9.96. The van der Waals surface area contributed by atoms with E-state index in [0.29, 0.717) is 12.8 Å². The number of aliphatic carboxylic acids is 1. The van der Waals surface area contributed by atoms with Crippen LogP contribution in [0.15, 0.2) is 16.5 Å². The molecule has 0 aliphatic carbocycles. The molecule has 1 atom stereocenters. The average molecular weight is 260 g/mol. The largest absolute Gasteiger partial charge is 0.480 e. The van der Waals surface area contributed by atoms with Crippen molar-refractivity contribution in [2.45, 2.75) is 32.2 Å². The van der Waals surface area contributed by atoms with E-state index in [0.717, 1.165) is 0 Å². The van der Waals surface area contributed by atoms with E-state index in [9.17, 15) is 9.59 Å². The molecule has 1 aromatic rings. The second-order valence-electron chi connectivity index (χ2n) is 3.95. The molecule has 1 aromatic heterocycles. The molecule has 0 spiro atoms. The van der Waals surface area contributed by atoms with Crippen LogP contribution in [0.1, 0.15) is 37.2 Å². The molecule has 2 N–H and O–H groups in total. The van der Waals surface area contributed by atoms with Gasteiger partial charge in [-0.1, -0.05) is 13.3 Å². The lowest BCUT2D eigenvalue weighted by Gasteiger charge is -2.25. The molecule has 0 saturated heterocycles. The number of furan rings is 1. The van der Waals surface area contributed by atoms with Gasteiger partial charge in [-0.2, -0.15) is 0 Å². The minimum Gasteiger partial charge on any atom is -0.480 e. The highest BCUT2D eigenvalue weighted by Gasteiger charge is 2.34. The highest BCUT2D eigenvalue weighted by Crippen LogP contribution is 2.17. The van der Waals surface area contributed by atoms with Gasteiger partial charge in [0.2, 0.25) is 0 Å². The van der Waals surface area contributed by atoms with Crippen molar-refractivity contribution in [3.8, 4) is 0 Å². The van der Waals surface area contributed by atoms with Crippen molar-refractivity contribution in [2.75, 3.05) is 0 Å². The third-order valence-corrected chi connectivity index (χ3v) is 2.61. The van der Waals surface area contributed by atoms with Crippen LogP contribution in [0, 0.1) is 0 Å². The normalized spacial score (nSPS) is 14.1. The first-order valence-electron chi connectivity index (χ1n) is 5.20. The summed E-state index contributed by atoms with van der Waals surface area (Å²) >= 11 is 5.54. The standard InChI is InChI=1S/C11H14ClNO4/c1-3-6-11(2,10(15)16)13-9(14)7-4-5-8(12)17-7/h4-5H,3,6H2,1-2H3,(H,13,14)(H,15,16)/t11-/m0/s1. The van der Waals surface area contributed by atoms with Crippen molar-refractivity contribution in [1.29, 1.82) is 0 Å². The Morgan fingerprint density at radius 1 is 1.53 bits per heavy atom. The Balaban J connectivity index is 2.81. The van der Waals surface area contributed by atoms with Gasteiger partial charge in [-0.3, -0.25) is 4.79 Å². The van der Waals surface area contributed by atoms with Gasteiger partial charge in [-0.25, -0.2) is 4.79 Å². The van der Waals surface area contributed by atoms with Crippen LogP contribution in [0.2, 0.25) is 5.22 Å². The molecule has 0 unspecified atom stereocenters. The van der Waals surface area contributed by atoms with Crippen LogP contribution < -0.4 is 5.32 Å². The smallest absolute Gasteiger partial charge is 0.329 e. The number of carbonyl (C=O) groups is 2. The van der Waals surface area contributed by atoms with E-state index in [1.54, 1.807) is 0 Å². The van der Waals surface area contributed by atoms with Crippen molar-refractivity contribution in [1.82, 2.24) is 5.32 Å². The summed E-state index contributed by atoms with van der Waals surface area (Å²) in [7, 11) is 0. The summed E-state index contributed by atoms with van der Waals surface area (Å²) in [5, 5.41) is 11.6. The number of amides is 1. The molecule has 0 bridgehead atoms. The van der Waals surface area contributed by atoms with Crippen LogP contribution in [0.25, 0.3) is 0 Å². The van der Waals surface area contributed by atoms with Gasteiger partial charge in [0.25, 0.3) is 5.91 Å². The summed E-state index contributed by atoms with van der Waals surface area (Å²) < 4.78 is 4.91. The highest BCUT2D eigenvalue weighted by molar-refractivity contribution is 6.29. The summed E-state index contributed by atoms with van der Waals surface area (Å²) in [5.74, 6) is -1.67. The number of carboxylic acids is 1. The Morgan fingerprint density at radius 2 is 2.18 bits per heavy atom. The van der Waals surface area contributed by atoms with Gasteiger partial charge in [-0.15, -0.1) is 0 Å². The van der Waals surface area contributed by atoms with Crippen LogP contribution >= 0.6 is 11.6 Å². The SMILES string of the molecule is CCC[C@](C)(NC(=O)c1ccc(Cl)o1)C(=O)O. The molecule has 0 saturated carbocycles. The maximum absolute atomic E-state index is 11.7. The number of rotatable bonds is 5. The molecular weight excluding hydrogens is 246 g/mol. The van der Waals surface area contributed by atoms with E-state index in [-0.39, 0.29) is 11.0 Å². The Labute approximate surface area is 104 Å². The van der Waals surface area contributed by atoms with Gasteiger partial charge in [0, 0.05) is 0 Å². The predicted octanol–water partition coefficient (Wildman–Crippen LogP) is 2.31. The number of hydrogen-bond donors (Lipinski definition) is 2. The van der Waals surface area contributed by atoms with Crippen LogP contribution in [0.5, 0.6) is 0 Å². The Morgan fingerprint density at radius 3 is 2.59 bits per heavy atom. The maximum Gasteiger partial charge on any atom is 0.329 e. The topological polar surface area (TPSA) is 79.5 Å². The van der Waals surface area contributed by atoms with Gasteiger partial charge in [-0.05, 0) is 37.1 Å².